The average Bonchev–Trinajstić information content (AvgIpc) is 3.58. The number of carboxylic acid groups (broad SMARTS) is 1. The van der Waals surface area contributed by atoms with Gasteiger partial charge in [0.25, 0.3) is 5.91 Å². The highest BCUT2D eigenvalue weighted by atomic mass is 35.5. The van der Waals surface area contributed by atoms with Gasteiger partial charge in [0, 0.05) is 18.9 Å². The van der Waals surface area contributed by atoms with Crippen molar-refractivity contribution in [1.82, 2.24) is 19.7 Å². The number of halogens is 5. The van der Waals surface area contributed by atoms with Gasteiger partial charge in [-0.2, -0.15) is 18.3 Å². The molecule has 5 rings (SSSR count). The van der Waals surface area contributed by atoms with Crippen LogP contribution in [0.25, 0.3) is 0 Å². The number of aromatic nitrogens is 3. The summed E-state index contributed by atoms with van der Waals surface area (Å²) in [6.45, 7) is 1.80. The Morgan fingerprint density at radius 2 is 1.66 bits per heavy atom. The molecule has 0 unspecified atom stereocenters. The van der Waals surface area contributed by atoms with Crippen molar-refractivity contribution in [2.24, 2.45) is 16.7 Å². The number of aliphatic carboxylic acids is 1. The van der Waals surface area contributed by atoms with Crippen molar-refractivity contribution in [1.29, 1.82) is 0 Å². The van der Waals surface area contributed by atoms with Crippen molar-refractivity contribution in [3.05, 3.63) is 45.5 Å². The molecular formula is C28H31Cl2F3N4O4. The lowest BCUT2D eigenvalue weighted by molar-refractivity contribution is -0.147. The molecule has 222 valence electrons. The number of carbonyl (C=O) groups excluding carboxylic acids is 2. The molecule has 2 bridgehead atoms. The quantitative estimate of drug-likeness (QED) is 0.331. The number of ketones is 1. The van der Waals surface area contributed by atoms with Crippen LogP contribution in [0.15, 0.2) is 18.6 Å². The maximum absolute atomic E-state index is 14.5. The van der Waals surface area contributed by atoms with Crippen molar-refractivity contribution in [2.75, 3.05) is 13.1 Å². The van der Waals surface area contributed by atoms with E-state index in [-0.39, 0.29) is 58.7 Å². The van der Waals surface area contributed by atoms with E-state index in [2.05, 4.69) is 17.0 Å². The van der Waals surface area contributed by atoms with Crippen LogP contribution >= 0.6 is 23.2 Å². The number of hydrogen-bond donors (Lipinski definition) is 1. The number of hydrogen-bond acceptors (Lipinski definition) is 5. The molecule has 13 heteroatoms. The van der Waals surface area contributed by atoms with Crippen LogP contribution < -0.4 is 0 Å². The first-order valence-corrected chi connectivity index (χ1v) is 14.5. The van der Waals surface area contributed by atoms with Crippen LogP contribution in [-0.4, -0.2) is 55.5 Å². The minimum atomic E-state index is -4.91. The third-order valence-electron chi connectivity index (χ3n) is 9.29. The third-order valence-corrected chi connectivity index (χ3v) is 9.86. The van der Waals surface area contributed by atoms with Crippen LogP contribution in [-0.2, 0) is 11.0 Å². The average molecular weight is 615 g/mol. The van der Waals surface area contributed by atoms with Gasteiger partial charge in [-0.05, 0) is 68.6 Å². The fourth-order valence-electron chi connectivity index (χ4n) is 7.21. The smallest absolute Gasteiger partial charge is 0.433 e. The van der Waals surface area contributed by atoms with E-state index >= 15 is 0 Å². The molecule has 41 heavy (non-hydrogen) atoms. The molecule has 8 nitrogen and oxygen atoms in total. The lowest BCUT2D eigenvalue weighted by atomic mass is 9.82. The number of pyridine rings is 1. The van der Waals surface area contributed by atoms with E-state index in [1.165, 1.54) is 17.3 Å². The molecule has 0 spiro atoms. The van der Waals surface area contributed by atoms with Crippen molar-refractivity contribution in [2.45, 2.75) is 76.9 Å². The topological polar surface area (TPSA) is 105 Å². The SMILES string of the molecule is CC12CCC(CN(CC(=O)c3c(Cl)cncc3Cl)C(=O)c3cnn(C4CCC(C(=O)O)CC4)c3C(F)(F)F)(CC1)C2. The normalized spacial score (nSPS) is 27.7. The predicted molar refractivity (Wildman–Crippen MR) is 144 cm³/mol. The van der Waals surface area contributed by atoms with Crippen LogP contribution in [0.5, 0.6) is 0 Å². The van der Waals surface area contributed by atoms with Crippen LogP contribution in [0, 0.1) is 16.7 Å². The molecular weight excluding hydrogens is 584 g/mol. The molecule has 3 saturated carbocycles. The molecule has 2 aromatic rings. The number of fused-ring (bicyclic) bond motifs is 2. The van der Waals surface area contributed by atoms with Crippen LogP contribution in [0.1, 0.15) is 97.2 Å². The summed E-state index contributed by atoms with van der Waals surface area (Å²) in [6.07, 6.45) is 3.69. The molecule has 2 heterocycles. The summed E-state index contributed by atoms with van der Waals surface area (Å²) in [5.41, 5.74) is -2.03. The van der Waals surface area contributed by atoms with Gasteiger partial charge in [0.2, 0.25) is 0 Å². The van der Waals surface area contributed by atoms with E-state index in [4.69, 9.17) is 23.2 Å². The molecule has 1 amide bonds. The Bertz CT molecular complexity index is 1340. The summed E-state index contributed by atoms with van der Waals surface area (Å²) in [4.78, 5) is 43.8. The number of rotatable bonds is 8. The second-order valence-electron chi connectivity index (χ2n) is 12.2. The second-order valence-corrected chi connectivity index (χ2v) is 13.1. The van der Waals surface area contributed by atoms with Crippen molar-refractivity contribution in [3.63, 3.8) is 0 Å². The van der Waals surface area contributed by atoms with Crippen molar-refractivity contribution in [3.8, 4) is 0 Å². The summed E-state index contributed by atoms with van der Waals surface area (Å²) in [6, 6.07) is -0.697. The number of carboxylic acids is 1. The van der Waals surface area contributed by atoms with Crippen LogP contribution in [0.2, 0.25) is 10.0 Å². The standard InChI is InChI=1S/C28H31Cl2F3N4O4/c1-26-6-8-27(14-26,9-7-26)15-36(13-21(38)22-19(29)11-34-12-20(22)30)24(39)18-10-35-37(23(18)28(31,32)33)17-4-2-16(3-5-17)25(40)41/h10-12,16-17H,2-9,13-15H2,1H3,(H,40,41). The number of amides is 1. The van der Waals surface area contributed by atoms with Crippen molar-refractivity contribution >= 4 is 40.9 Å². The predicted octanol–water partition coefficient (Wildman–Crippen LogP) is 6.72. The minimum Gasteiger partial charge on any atom is -0.481 e. The van der Waals surface area contributed by atoms with Gasteiger partial charge >= 0.3 is 12.1 Å². The Balaban J connectivity index is 1.49. The molecule has 2 aromatic heterocycles. The fraction of sp³-hybridized carbons (Fsp3) is 0.607. The van der Waals surface area contributed by atoms with E-state index in [0.717, 1.165) is 43.0 Å². The Kier molecular flexibility index (Phi) is 7.91. The van der Waals surface area contributed by atoms with E-state index in [1.807, 2.05) is 0 Å². The third kappa shape index (κ3) is 5.84. The van der Waals surface area contributed by atoms with Crippen LogP contribution in [0.3, 0.4) is 0 Å². The summed E-state index contributed by atoms with van der Waals surface area (Å²) in [5, 5.41) is 13.3. The molecule has 3 fully saturated rings. The molecule has 0 aromatic carbocycles. The zero-order valence-electron chi connectivity index (χ0n) is 22.5. The second kappa shape index (κ2) is 10.9. The Labute approximate surface area is 245 Å². The Hall–Kier alpha value is -2.66. The summed E-state index contributed by atoms with van der Waals surface area (Å²) >= 11 is 12.4. The maximum atomic E-state index is 14.5. The van der Waals surface area contributed by atoms with E-state index < -0.39 is 53.6 Å². The largest absolute Gasteiger partial charge is 0.481 e. The first-order valence-electron chi connectivity index (χ1n) is 13.7. The number of Topliss-reactive ketones (excluding diaryl/α,β-unsaturated/α-hetero) is 1. The van der Waals surface area contributed by atoms with Gasteiger partial charge in [-0.3, -0.25) is 24.0 Å². The monoisotopic (exact) mass is 614 g/mol. The number of nitrogens with zero attached hydrogens (tertiary/aromatic N) is 4. The highest BCUT2D eigenvalue weighted by molar-refractivity contribution is 6.39. The lowest BCUT2D eigenvalue weighted by Crippen LogP contribution is -2.43. The molecule has 1 N–H and O–H groups in total. The number of carbonyl (C=O) groups is 3. The zero-order valence-corrected chi connectivity index (χ0v) is 24.0. The van der Waals surface area contributed by atoms with Crippen molar-refractivity contribution < 1.29 is 32.7 Å². The van der Waals surface area contributed by atoms with E-state index in [9.17, 15) is 32.7 Å². The Morgan fingerprint density at radius 3 is 2.17 bits per heavy atom. The van der Waals surface area contributed by atoms with Crippen LogP contribution in [0.4, 0.5) is 13.2 Å². The highest BCUT2D eigenvalue weighted by Crippen LogP contribution is 2.61. The summed E-state index contributed by atoms with van der Waals surface area (Å²) in [5.74, 6) is -3.13. The first kappa shape index (κ1) is 29.8. The summed E-state index contributed by atoms with van der Waals surface area (Å²) in [7, 11) is 0. The van der Waals surface area contributed by atoms with Gasteiger partial charge in [-0.25, -0.2) is 0 Å². The minimum absolute atomic E-state index is 0.0110. The molecule has 0 saturated heterocycles. The van der Waals surface area contributed by atoms with E-state index in [1.54, 1.807) is 0 Å². The molecule has 0 atom stereocenters. The zero-order chi connectivity index (χ0) is 29.7. The molecule has 0 aliphatic heterocycles. The van der Waals surface area contributed by atoms with Gasteiger partial charge in [0.15, 0.2) is 11.5 Å². The molecule has 3 aliphatic carbocycles. The maximum Gasteiger partial charge on any atom is 0.433 e. The molecule has 0 radical (unpaired) electrons. The van der Waals surface area contributed by atoms with E-state index in [0.29, 0.717) is 0 Å². The molecule has 3 aliphatic rings. The summed E-state index contributed by atoms with van der Waals surface area (Å²) < 4.78 is 44.4. The fourth-order valence-corrected chi connectivity index (χ4v) is 7.78. The van der Waals surface area contributed by atoms with Gasteiger partial charge < -0.3 is 10.0 Å². The Morgan fingerprint density at radius 1 is 1.05 bits per heavy atom. The van der Waals surface area contributed by atoms with Gasteiger partial charge in [-0.15, -0.1) is 0 Å². The van der Waals surface area contributed by atoms with Gasteiger partial charge in [0.1, 0.15) is 0 Å². The highest BCUT2D eigenvalue weighted by Gasteiger charge is 2.53. The lowest BCUT2D eigenvalue weighted by Gasteiger charge is -2.34. The van der Waals surface area contributed by atoms with Gasteiger partial charge in [-0.1, -0.05) is 30.1 Å². The number of alkyl halides is 3. The first-order chi connectivity index (χ1) is 19.2. The van der Waals surface area contributed by atoms with Gasteiger partial charge in [0.05, 0.1) is 45.9 Å².